The van der Waals surface area contributed by atoms with Gasteiger partial charge in [0.15, 0.2) is 11.5 Å². The summed E-state index contributed by atoms with van der Waals surface area (Å²) < 4.78 is 54.9. The highest BCUT2D eigenvalue weighted by molar-refractivity contribution is 5.92. The average Bonchev–Trinajstić information content (AvgIpc) is 3.31. The lowest BCUT2D eigenvalue weighted by Gasteiger charge is -2.64. The quantitative estimate of drug-likeness (QED) is 0.298. The summed E-state index contributed by atoms with van der Waals surface area (Å²) in [6.07, 6.45) is 1.86. The van der Waals surface area contributed by atoms with Crippen LogP contribution in [0.2, 0.25) is 0 Å². The van der Waals surface area contributed by atoms with Gasteiger partial charge in [-0.2, -0.15) is 0 Å². The van der Waals surface area contributed by atoms with Gasteiger partial charge >= 0.3 is 6.36 Å². The van der Waals surface area contributed by atoms with E-state index < -0.39 is 23.5 Å². The van der Waals surface area contributed by atoms with Crippen molar-refractivity contribution in [2.24, 2.45) is 5.92 Å². The van der Waals surface area contributed by atoms with E-state index in [2.05, 4.69) is 22.3 Å². The topological polar surface area (TPSA) is 71.5 Å². The number of carbonyl (C=O) groups is 1. The maximum absolute atomic E-state index is 14.0. The molecule has 2 bridgehead atoms. The fraction of sp³-hybridized carbons (Fsp3) is 0.500. The molecule has 44 heavy (non-hydrogen) atoms. The summed E-state index contributed by atoms with van der Waals surface area (Å²) >= 11 is 0. The van der Waals surface area contributed by atoms with Crippen LogP contribution in [0.25, 0.3) is 6.08 Å². The van der Waals surface area contributed by atoms with Crippen molar-refractivity contribution >= 4 is 12.0 Å². The summed E-state index contributed by atoms with van der Waals surface area (Å²) in [5.74, 6) is 0.786. The van der Waals surface area contributed by atoms with Gasteiger partial charge in [0, 0.05) is 30.8 Å². The van der Waals surface area contributed by atoms with E-state index in [-0.39, 0.29) is 29.7 Å². The Hall–Kier alpha value is -3.50. The molecule has 1 N–H and O–H groups in total. The first-order valence-electron chi connectivity index (χ1n) is 15.2. The summed E-state index contributed by atoms with van der Waals surface area (Å²) in [6, 6.07) is 9.07. The number of likely N-dealkylation sites (tertiary alicyclic amines) is 1. The predicted molar refractivity (Wildman–Crippen MR) is 160 cm³/mol. The van der Waals surface area contributed by atoms with E-state index in [9.17, 15) is 23.1 Å². The Kier molecular flexibility index (Phi) is 7.73. The maximum Gasteiger partial charge on any atom is 0.573 e. The lowest BCUT2D eigenvalue weighted by Crippen LogP contribution is -2.78. The van der Waals surface area contributed by atoms with Crippen LogP contribution in [0.3, 0.4) is 0 Å². The smallest absolute Gasteiger partial charge is 0.493 e. The minimum atomic E-state index is -4.81. The molecule has 2 aromatic rings. The zero-order valence-electron chi connectivity index (χ0n) is 25.3. The molecular weight excluding hydrogens is 573 g/mol. The Bertz CT molecular complexity index is 1480. The number of ether oxygens (including phenoxy) is 3. The number of rotatable bonds is 9. The third kappa shape index (κ3) is 4.86. The number of halogens is 3. The first-order valence-corrected chi connectivity index (χ1v) is 15.2. The molecule has 2 fully saturated rings. The molecule has 1 saturated carbocycles. The van der Waals surface area contributed by atoms with Gasteiger partial charge in [-0.05, 0) is 73.5 Å². The van der Waals surface area contributed by atoms with E-state index in [1.165, 1.54) is 30.4 Å². The van der Waals surface area contributed by atoms with E-state index in [0.717, 1.165) is 17.7 Å². The van der Waals surface area contributed by atoms with Crippen molar-refractivity contribution < 1.29 is 37.3 Å². The van der Waals surface area contributed by atoms with Crippen molar-refractivity contribution in [3.8, 4) is 17.2 Å². The van der Waals surface area contributed by atoms with Crippen molar-refractivity contribution in [2.45, 2.75) is 75.1 Å². The lowest BCUT2D eigenvalue weighted by atomic mass is 9.48. The minimum absolute atomic E-state index is 0.117. The Morgan fingerprint density at radius 3 is 2.77 bits per heavy atom. The number of nitrogens with zero attached hydrogens (tertiary/aromatic N) is 2. The molecule has 2 aliphatic heterocycles. The number of carbonyl (C=O) groups excluding carboxylic acids is 1. The number of piperidine rings is 1. The van der Waals surface area contributed by atoms with Crippen molar-refractivity contribution in [3.05, 3.63) is 71.8 Å². The van der Waals surface area contributed by atoms with Gasteiger partial charge in [0.2, 0.25) is 5.91 Å². The van der Waals surface area contributed by atoms with Crippen LogP contribution in [0.1, 0.15) is 49.8 Å². The van der Waals surface area contributed by atoms with Crippen LogP contribution >= 0.6 is 0 Å². The normalized spacial score (nSPS) is 28.9. The SMILES string of the molecule is C=CCN1CC[C@]23c4c5ccc(OC)c4O[C@H]2[C@@H](N(CC(C)C)C(=O)C=Cc2cccc(OC(F)(F)F)c2)CC[C@@]3(O)[C@H]1C5. The van der Waals surface area contributed by atoms with Gasteiger partial charge < -0.3 is 24.2 Å². The van der Waals surface area contributed by atoms with Crippen LogP contribution < -0.4 is 14.2 Å². The molecule has 7 nitrogen and oxygen atoms in total. The molecule has 10 heteroatoms. The number of hydrogen-bond donors (Lipinski definition) is 1. The van der Waals surface area contributed by atoms with Gasteiger partial charge in [-0.25, -0.2) is 0 Å². The molecule has 1 amide bonds. The fourth-order valence-corrected chi connectivity index (χ4v) is 8.32. The van der Waals surface area contributed by atoms with E-state index in [1.54, 1.807) is 13.2 Å². The third-order valence-electron chi connectivity index (χ3n) is 9.87. The van der Waals surface area contributed by atoms with Gasteiger partial charge in [0.25, 0.3) is 0 Å². The Labute approximate surface area is 255 Å². The maximum atomic E-state index is 14.0. The molecular formula is C34H39F3N2O5. The molecule has 4 aliphatic rings. The Morgan fingerprint density at radius 2 is 2.07 bits per heavy atom. The Balaban J connectivity index is 1.37. The minimum Gasteiger partial charge on any atom is -0.493 e. The lowest BCUT2D eigenvalue weighted by molar-refractivity contribution is -0.274. The zero-order chi connectivity index (χ0) is 31.4. The summed E-state index contributed by atoms with van der Waals surface area (Å²) in [5, 5.41) is 12.7. The van der Waals surface area contributed by atoms with Gasteiger partial charge in [0.05, 0.1) is 24.2 Å². The summed E-state index contributed by atoms with van der Waals surface area (Å²) in [4.78, 5) is 18.1. The average molecular weight is 613 g/mol. The molecule has 0 unspecified atom stereocenters. The molecule has 0 aromatic heterocycles. The largest absolute Gasteiger partial charge is 0.573 e. The van der Waals surface area contributed by atoms with Crippen LogP contribution in [0.4, 0.5) is 13.2 Å². The van der Waals surface area contributed by atoms with E-state index in [0.29, 0.717) is 55.8 Å². The van der Waals surface area contributed by atoms with Gasteiger partial charge in [-0.3, -0.25) is 9.69 Å². The first-order chi connectivity index (χ1) is 20.9. The molecule has 1 spiro atoms. The molecule has 0 radical (unpaired) electrons. The number of methoxy groups -OCH3 is 1. The molecule has 5 atom stereocenters. The molecule has 2 aliphatic carbocycles. The standard InChI is InChI=1S/C34H39F3N2O5/c1-5-16-38-17-15-32-29-23-10-11-26(42-4)30(29)43-31(32)25(13-14-33(32,41)27(38)19-23)39(20-21(2)3)28(40)12-9-22-7-6-8-24(18-22)44-34(35,36)37/h5-12,18,21,25,27,31,41H,1,13-17,19-20H2,2-4H3/t25-,27+,31-,32-,33+/m0/s1. The molecule has 1 saturated heterocycles. The van der Waals surface area contributed by atoms with Gasteiger partial charge in [0.1, 0.15) is 11.9 Å². The highest BCUT2D eigenvalue weighted by Gasteiger charge is 2.73. The highest BCUT2D eigenvalue weighted by Crippen LogP contribution is 2.66. The molecule has 2 heterocycles. The monoisotopic (exact) mass is 612 g/mol. The van der Waals surface area contributed by atoms with Crippen LogP contribution in [-0.4, -0.2) is 77.7 Å². The molecule has 236 valence electrons. The summed E-state index contributed by atoms with van der Waals surface area (Å²) in [6.45, 7) is 9.91. The van der Waals surface area contributed by atoms with Crippen molar-refractivity contribution in [1.29, 1.82) is 0 Å². The third-order valence-corrected chi connectivity index (χ3v) is 9.87. The number of benzene rings is 2. The second kappa shape index (κ2) is 11.1. The van der Waals surface area contributed by atoms with E-state index >= 15 is 0 Å². The predicted octanol–water partition coefficient (Wildman–Crippen LogP) is 5.50. The zero-order valence-corrected chi connectivity index (χ0v) is 25.3. The van der Waals surface area contributed by atoms with Crippen LogP contribution in [0, 0.1) is 5.92 Å². The highest BCUT2D eigenvalue weighted by atomic mass is 19.4. The number of aliphatic hydroxyl groups is 1. The number of hydrogen-bond acceptors (Lipinski definition) is 6. The van der Waals surface area contributed by atoms with Gasteiger partial charge in [-0.15, -0.1) is 19.8 Å². The van der Waals surface area contributed by atoms with Crippen LogP contribution in [0.5, 0.6) is 17.2 Å². The van der Waals surface area contributed by atoms with Gasteiger partial charge in [-0.1, -0.05) is 38.1 Å². The van der Waals surface area contributed by atoms with Crippen molar-refractivity contribution in [2.75, 3.05) is 26.7 Å². The van der Waals surface area contributed by atoms with Crippen LogP contribution in [0.15, 0.2) is 55.1 Å². The van der Waals surface area contributed by atoms with Crippen molar-refractivity contribution in [3.63, 3.8) is 0 Å². The van der Waals surface area contributed by atoms with Crippen LogP contribution in [-0.2, 0) is 16.6 Å². The van der Waals surface area contributed by atoms with E-state index in [4.69, 9.17) is 9.47 Å². The number of alkyl halides is 3. The van der Waals surface area contributed by atoms with Crippen molar-refractivity contribution in [1.82, 2.24) is 9.80 Å². The summed E-state index contributed by atoms with van der Waals surface area (Å²) in [5.41, 5.74) is 0.761. The first kappa shape index (κ1) is 30.5. The number of amides is 1. The Morgan fingerprint density at radius 1 is 1.27 bits per heavy atom. The fourth-order valence-electron chi connectivity index (χ4n) is 8.32. The van der Waals surface area contributed by atoms with E-state index in [1.807, 2.05) is 30.9 Å². The molecule has 6 rings (SSSR count). The molecule has 2 aromatic carbocycles. The second-order valence-corrected chi connectivity index (χ2v) is 12.8. The summed E-state index contributed by atoms with van der Waals surface area (Å²) in [7, 11) is 1.61. The second-order valence-electron chi connectivity index (χ2n) is 12.8.